The fraction of sp³-hybridized carbons (Fsp3) is 0. The zero-order chi connectivity index (χ0) is 8.12. The summed E-state index contributed by atoms with van der Waals surface area (Å²) in [7, 11) is -4.50. The Morgan fingerprint density at radius 3 is 0.700 bits per heavy atom. The van der Waals surface area contributed by atoms with Gasteiger partial charge in [-0.2, -0.15) is 0 Å². The molecule has 0 radical (unpaired) electrons. The first-order valence-corrected chi connectivity index (χ1v) is 4.45. The predicted molar refractivity (Wildman–Crippen MR) is 46.4 cm³/mol. The fourth-order valence-electron chi connectivity index (χ4n) is 0. The topological polar surface area (TPSA) is 112 Å². The van der Waals surface area contributed by atoms with E-state index in [0.717, 1.165) is 0 Å². The second-order valence-corrected chi connectivity index (χ2v) is 0.949. The predicted octanol–water partition coefficient (Wildman–Crippen LogP) is -1.97. The Balaban J connectivity index is -0.0000000257. The summed E-state index contributed by atoms with van der Waals surface area (Å²) in [6, 6.07) is 0. The Bertz CT molecular complexity index is 49.7. The Labute approximate surface area is 91.5 Å². The van der Waals surface area contributed by atoms with E-state index in [9.17, 15) is 0 Å². The molecule has 0 saturated carbocycles. The van der Waals surface area contributed by atoms with Crippen molar-refractivity contribution in [3.8, 4) is 0 Å². The van der Waals surface area contributed by atoms with Crippen molar-refractivity contribution in [2.75, 3.05) is 0 Å². The Hall–Kier alpha value is 1.83. The third kappa shape index (κ3) is 229. The van der Waals surface area contributed by atoms with E-state index in [0.29, 0.717) is 0 Å². The number of hydrogen-bond acceptors (Lipinski definition) is 3. The maximum atomic E-state index is 8.57. The average Bonchev–Trinajstić information content (AvgIpc) is 1.70. The second-order valence-electron chi connectivity index (χ2n) is 0.316. The van der Waals surface area contributed by atoms with E-state index in [1.807, 2.05) is 0 Å². The summed E-state index contributed by atoms with van der Waals surface area (Å²) in [5.41, 5.74) is 0. The third-order valence-electron chi connectivity index (χ3n) is 0. The summed E-state index contributed by atoms with van der Waals surface area (Å²) < 4.78 is 25.7. The van der Waals surface area contributed by atoms with E-state index in [1.165, 1.54) is 0 Å². The van der Waals surface area contributed by atoms with Crippen LogP contribution in [0.3, 0.4) is 0 Å². The number of rotatable bonds is 0. The van der Waals surface area contributed by atoms with Crippen LogP contribution in [0.2, 0.25) is 0 Å². The van der Waals surface area contributed by atoms with Crippen LogP contribution in [0.5, 0.6) is 0 Å². The molecule has 0 aromatic heterocycles. The van der Waals surface area contributed by atoms with E-state index < -0.39 is 26.1 Å². The molecule has 3 N–H and O–H groups in total. The van der Waals surface area contributed by atoms with Gasteiger partial charge < -0.3 is 14.7 Å². The molecule has 10 heavy (non-hydrogen) atoms. The van der Waals surface area contributed by atoms with Gasteiger partial charge in [0.15, 0.2) is 26.1 Å². The molecule has 0 aliphatic rings. The van der Waals surface area contributed by atoms with Gasteiger partial charge in [0.2, 0.25) is 0 Å². The fourth-order valence-corrected chi connectivity index (χ4v) is 0. The first-order chi connectivity index (χ1) is 4.24. The maximum absolute atomic E-state index is 8.57. The summed E-state index contributed by atoms with van der Waals surface area (Å²) in [5, 5.41) is 0. The summed E-state index contributed by atoms with van der Waals surface area (Å²) in [5.74, 6) is 0. The van der Waals surface area contributed by atoms with Gasteiger partial charge in [0.1, 0.15) is 0 Å². The average molecular weight is 240 g/mol. The summed E-state index contributed by atoms with van der Waals surface area (Å²) >= 11 is 0. The Kier molecular flexibility index (Phi) is 102. The van der Waals surface area contributed by atoms with Crippen molar-refractivity contribution >= 4 is 63.8 Å². The van der Waals surface area contributed by atoms with Gasteiger partial charge in [0.05, 0.1) is 0 Å². The summed E-state index contributed by atoms with van der Waals surface area (Å²) in [6.07, 6.45) is 0. The molecule has 0 rings (SSSR count). The van der Waals surface area contributed by atoms with Crippen molar-refractivity contribution in [2.45, 2.75) is 0 Å². The van der Waals surface area contributed by atoms with Crippen LogP contribution in [0.15, 0.2) is 0 Å². The monoisotopic (exact) mass is 240 g/mol. The van der Waals surface area contributed by atoms with Crippen molar-refractivity contribution < 1.29 is 28.4 Å². The molecule has 0 aromatic carbocycles. The van der Waals surface area contributed by atoms with Gasteiger partial charge in [0.25, 0.3) is 0 Å². The molecule has 0 fully saturated rings. The molecule has 0 aliphatic heterocycles. The zero-order valence-corrected chi connectivity index (χ0v) is 7.76. The minimum absolute atomic E-state index is 0. The Morgan fingerprint density at radius 2 is 0.700 bits per heavy atom. The minimum atomic E-state index is -1.50. The van der Waals surface area contributed by atoms with Gasteiger partial charge >= 0.3 is 37.7 Å². The normalized spacial score (nSPS) is 8.70. The molecule has 0 aromatic rings. The molecule has 0 saturated heterocycles. The van der Waals surface area contributed by atoms with Crippen molar-refractivity contribution in [1.29, 1.82) is 0 Å². The SMILES string of the molecule is O=[PH2]O.O=[PH2]O.O=[PH2]O.[CaH2]. The molecule has 0 spiro atoms. The van der Waals surface area contributed by atoms with E-state index >= 15 is 0 Å². The third-order valence-corrected chi connectivity index (χ3v) is 0. The number of hydrogen-bond donors (Lipinski definition) is 3. The molecule has 0 bridgehead atoms. The first-order valence-electron chi connectivity index (χ1n) is 1.48. The van der Waals surface area contributed by atoms with Gasteiger partial charge in [-0.05, 0) is 0 Å². The van der Waals surface area contributed by atoms with E-state index in [2.05, 4.69) is 0 Å². The molecule has 0 amide bonds. The molecule has 3 unspecified atom stereocenters. The molecular weight excluding hydrogens is 229 g/mol. The van der Waals surface area contributed by atoms with Crippen molar-refractivity contribution in [1.82, 2.24) is 0 Å². The molecule has 10 heteroatoms. The van der Waals surface area contributed by atoms with Crippen LogP contribution in [0.25, 0.3) is 0 Å². The molecular formula is H11CaO6P3. The van der Waals surface area contributed by atoms with Crippen molar-refractivity contribution in [3.05, 3.63) is 0 Å². The van der Waals surface area contributed by atoms with Gasteiger partial charge in [-0.1, -0.05) is 0 Å². The van der Waals surface area contributed by atoms with Crippen LogP contribution in [0.1, 0.15) is 0 Å². The molecule has 64 valence electrons. The van der Waals surface area contributed by atoms with Crippen LogP contribution in [0.4, 0.5) is 0 Å². The van der Waals surface area contributed by atoms with Crippen molar-refractivity contribution in [2.24, 2.45) is 0 Å². The van der Waals surface area contributed by atoms with Crippen LogP contribution in [-0.4, -0.2) is 52.4 Å². The van der Waals surface area contributed by atoms with Crippen molar-refractivity contribution in [3.63, 3.8) is 0 Å². The van der Waals surface area contributed by atoms with Crippen LogP contribution in [-0.2, 0) is 13.7 Å². The molecule has 6 nitrogen and oxygen atoms in total. The first kappa shape index (κ1) is 22.6. The van der Waals surface area contributed by atoms with Gasteiger partial charge in [-0.3, -0.25) is 13.7 Å². The van der Waals surface area contributed by atoms with E-state index in [1.54, 1.807) is 0 Å². The van der Waals surface area contributed by atoms with Gasteiger partial charge in [-0.15, -0.1) is 0 Å². The Morgan fingerprint density at radius 1 is 0.700 bits per heavy atom. The quantitative estimate of drug-likeness (QED) is 0.334. The van der Waals surface area contributed by atoms with E-state index in [-0.39, 0.29) is 37.7 Å². The summed E-state index contributed by atoms with van der Waals surface area (Å²) in [4.78, 5) is 21.3. The molecule has 3 atom stereocenters. The zero-order valence-electron chi connectivity index (χ0n) is 4.30. The van der Waals surface area contributed by atoms with Crippen LogP contribution >= 0.6 is 26.1 Å². The van der Waals surface area contributed by atoms with Gasteiger partial charge in [0, 0.05) is 0 Å². The standard InChI is InChI=1S/Ca.3H3O2P.2H/c;3*1-3-2;;/h;3*3H2,(H,1,2);;. The van der Waals surface area contributed by atoms with Crippen LogP contribution in [0, 0.1) is 0 Å². The summed E-state index contributed by atoms with van der Waals surface area (Å²) in [6.45, 7) is 0. The van der Waals surface area contributed by atoms with E-state index in [4.69, 9.17) is 28.4 Å². The van der Waals surface area contributed by atoms with Crippen LogP contribution < -0.4 is 0 Å². The molecule has 0 aliphatic carbocycles. The second kappa shape index (κ2) is 44.9. The molecule has 0 heterocycles. The van der Waals surface area contributed by atoms with Gasteiger partial charge in [-0.25, -0.2) is 0 Å².